The SMILES string of the molecule is Cn1c(N)nnc1SCC(=O)Nc1ccccc1[N+](=O)[O-]. The highest BCUT2D eigenvalue weighted by atomic mass is 32.2. The van der Waals surface area contributed by atoms with Gasteiger partial charge in [-0.05, 0) is 6.07 Å². The highest BCUT2D eigenvalue weighted by Gasteiger charge is 2.15. The number of anilines is 2. The van der Waals surface area contributed by atoms with Crippen LogP contribution < -0.4 is 11.1 Å². The molecule has 0 bridgehead atoms. The van der Waals surface area contributed by atoms with Crippen molar-refractivity contribution in [2.75, 3.05) is 16.8 Å². The van der Waals surface area contributed by atoms with Gasteiger partial charge >= 0.3 is 0 Å². The minimum Gasteiger partial charge on any atom is -0.368 e. The first-order chi connectivity index (χ1) is 9.99. The van der Waals surface area contributed by atoms with Gasteiger partial charge < -0.3 is 11.1 Å². The lowest BCUT2D eigenvalue weighted by atomic mass is 10.2. The summed E-state index contributed by atoms with van der Waals surface area (Å²) in [6.45, 7) is 0. The molecule has 1 aromatic carbocycles. The number of nitro groups is 1. The fourth-order valence-electron chi connectivity index (χ4n) is 1.51. The molecule has 10 heteroatoms. The highest BCUT2D eigenvalue weighted by Crippen LogP contribution is 2.24. The van der Waals surface area contributed by atoms with E-state index in [1.165, 1.54) is 18.2 Å². The lowest BCUT2D eigenvalue weighted by Crippen LogP contribution is -2.15. The number of rotatable bonds is 5. The second kappa shape index (κ2) is 6.22. The van der Waals surface area contributed by atoms with Gasteiger partial charge in [0.1, 0.15) is 5.69 Å². The van der Waals surface area contributed by atoms with Crippen molar-refractivity contribution in [2.45, 2.75) is 5.16 Å². The summed E-state index contributed by atoms with van der Waals surface area (Å²) in [5, 5.41) is 21.3. The molecule has 0 aliphatic heterocycles. The molecule has 0 radical (unpaired) electrons. The van der Waals surface area contributed by atoms with E-state index in [4.69, 9.17) is 5.73 Å². The van der Waals surface area contributed by atoms with E-state index in [2.05, 4.69) is 15.5 Å². The second-order valence-electron chi connectivity index (χ2n) is 4.01. The highest BCUT2D eigenvalue weighted by molar-refractivity contribution is 7.99. The van der Waals surface area contributed by atoms with Gasteiger partial charge in [-0.2, -0.15) is 0 Å². The molecule has 9 nitrogen and oxygen atoms in total. The van der Waals surface area contributed by atoms with Crippen LogP contribution in [0, 0.1) is 10.1 Å². The number of aromatic nitrogens is 3. The van der Waals surface area contributed by atoms with Gasteiger partial charge in [-0.25, -0.2) is 0 Å². The normalized spacial score (nSPS) is 10.3. The molecule has 0 unspecified atom stereocenters. The van der Waals surface area contributed by atoms with Crippen LogP contribution in [0.3, 0.4) is 0 Å². The van der Waals surface area contributed by atoms with E-state index in [0.29, 0.717) is 5.16 Å². The Balaban J connectivity index is 1.99. The van der Waals surface area contributed by atoms with Crippen LogP contribution in [0.1, 0.15) is 0 Å². The maximum absolute atomic E-state index is 11.8. The number of nitrogens with two attached hydrogens (primary N) is 1. The predicted octanol–water partition coefficient (Wildman–Crippen LogP) is 1.04. The largest absolute Gasteiger partial charge is 0.368 e. The zero-order chi connectivity index (χ0) is 15.4. The van der Waals surface area contributed by atoms with Crippen LogP contribution >= 0.6 is 11.8 Å². The fourth-order valence-corrected chi connectivity index (χ4v) is 2.22. The number of carbonyl (C=O) groups is 1. The van der Waals surface area contributed by atoms with E-state index in [0.717, 1.165) is 11.8 Å². The molecule has 1 amide bonds. The third-order valence-electron chi connectivity index (χ3n) is 2.58. The Kier molecular flexibility index (Phi) is 4.38. The summed E-state index contributed by atoms with van der Waals surface area (Å²) in [6, 6.07) is 5.94. The lowest BCUT2D eigenvalue weighted by molar-refractivity contribution is -0.383. The molecule has 2 rings (SSSR count). The minimum atomic E-state index is -0.549. The summed E-state index contributed by atoms with van der Waals surface area (Å²) in [7, 11) is 1.68. The van der Waals surface area contributed by atoms with Crippen molar-refractivity contribution >= 4 is 35.0 Å². The van der Waals surface area contributed by atoms with Gasteiger partial charge in [-0.15, -0.1) is 10.2 Å². The number of nitrogen functional groups attached to an aromatic ring is 1. The molecule has 1 heterocycles. The average molecular weight is 308 g/mol. The first-order valence-electron chi connectivity index (χ1n) is 5.80. The van der Waals surface area contributed by atoms with E-state index < -0.39 is 4.92 Å². The Bertz CT molecular complexity index is 686. The van der Waals surface area contributed by atoms with Crippen LogP contribution in [-0.2, 0) is 11.8 Å². The van der Waals surface area contributed by atoms with Crippen molar-refractivity contribution in [1.29, 1.82) is 0 Å². The van der Waals surface area contributed by atoms with Gasteiger partial charge in [0.25, 0.3) is 5.69 Å². The summed E-state index contributed by atoms with van der Waals surface area (Å²) in [5.74, 6) is -0.0923. The van der Waals surface area contributed by atoms with Crippen LogP contribution in [0.25, 0.3) is 0 Å². The Morgan fingerprint density at radius 3 is 2.81 bits per heavy atom. The Morgan fingerprint density at radius 1 is 1.48 bits per heavy atom. The van der Waals surface area contributed by atoms with E-state index in [9.17, 15) is 14.9 Å². The summed E-state index contributed by atoms with van der Waals surface area (Å²) in [5.41, 5.74) is 5.53. The number of carbonyl (C=O) groups excluding carboxylic acids is 1. The molecule has 1 aromatic heterocycles. The molecular weight excluding hydrogens is 296 g/mol. The van der Waals surface area contributed by atoms with Gasteiger partial charge in [-0.3, -0.25) is 19.5 Å². The van der Waals surface area contributed by atoms with E-state index >= 15 is 0 Å². The molecule has 0 spiro atoms. The number of para-hydroxylation sites is 2. The van der Waals surface area contributed by atoms with Crippen molar-refractivity contribution in [2.24, 2.45) is 7.05 Å². The Morgan fingerprint density at radius 2 is 2.19 bits per heavy atom. The van der Waals surface area contributed by atoms with E-state index in [-0.39, 0.29) is 29.0 Å². The van der Waals surface area contributed by atoms with Crippen LogP contribution in [0.2, 0.25) is 0 Å². The Hall–Kier alpha value is -2.62. The van der Waals surface area contributed by atoms with Crippen LogP contribution in [0.4, 0.5) is 17.3 Å². The third-order valence-corrected chi connectivity index (χ3v) is 3.60. The standard InChI is InChI=1S/C11H12N6O3S/c1-16-10(12)14-15-11(16)21-6-9(18)13-7-4-2-3-5-8(7)17(19)20/h2-5H,6H2,1H3,(H2,12,14)(H,13,18). The molecule has 0 atom stereocenters. The monoisotopic (exact) mass is 308 g/mol. The molecular formula is C11H12N6O3S. The number of nitrogens with zero attached hydrogens (tertiary/aromatic N) is 4. The smallest absolute Gasteiger partial charge is 0.292 e. The van der Waals surface area contributed by atoms with Gasteiger partial charge in [0.2, 0.25) is 11.9 Å². The number of amides is 1. The maximum atomic E-state index is 11.8. The zero-order valence-electron chi connectivity index (χ0n) is 11.0. The molecule has 0 saturated heterocycles. The van der Waals surface area contributed by atoms with Crippen molar-refractivity contribution in [3.8, 4) is 0 Å². The lowest BCUT2D eigenvalue weighted by Gasteiger charge is -2.05. The van der Waals surface area contributed by atoms with Gasteiger partial charge in [0.15, 0.2) is 5.16 Å². The fraction of sp³-hybridized carbons (Fsp3) is 0.182. The third kappa shape index (κ3) is 3.48. The molecule has 3 N–H and O–H groups in total. The van der Waals surface area contributed by atoms with E-state index in [1.807, 2.05) is 0 Å². The number of thioether (sulfide) groups is 1. The summed E-state index contributed by atoms with van der Waals surface area (Å²) in [6.07, 6.45) is 0. The topological polar surface area (TPSA) is 129 Å². The summed E-state index contributed by atoms with van der Waals surface area (Å²) >= 11 is 1.14. The van der Waals surface area contributed by atoms with Crippen molar-refractivity contribution in [3.63, 3.8) is 0 Å². The Labute approximate surface area is 123 Å². The number of hydrogen-bond acceptors (Lipinski definition) is 7. The second-order valence-corrected chi connectivity index (χ2v) is 4.95. The average Bonchev–Trinajstić information content (AvgIpc) is 2.77. The quantitative estimate of drug-likeness (QED) is 0.479. The molecule has 0 aliphatic carbocycles. The van der Waals surface area contributed by atoms with Crippen molar-refractivity contribution in [3.05, 3.63) is 34.4 Å². The van der Waals surface area contributed by atoms with Crippen molar-refractivity contribution in [1.82, 2.24) is 14.8 Å². The molecule has 0 saturated carbocycles. The van der Waals surface area contributed by atoms with Crippen LogP contribution in [0.15, 0.2) is 29.4 Å². The van der Waals surface area contributed by atoms with Gasteiger partial charge in [-0.1, -0.05) is 23.9 Å². The number of nitro benzene ring substituents is 1. The minimum absolute atomic E-state index is 0.0397. The first kappa shape index (κ1) is 14.8. The first-order valence-corrected chi connectivity index (χ1v) is 6.78. The van der Waals surface area contributed by atoms with Crippen LogP contribution in [-0.4, -0.2) is 31.3 Å². The molecule has 2 aromatic rings. The predicted molar refractivity (Wildman–Crippen MR) is 77.9 cm³/mol. The molecule has 0 fully saturated rings. The number of hydrogen-bond donors (Lipinski definition) is 2. The maximum Gasteiger partial charge on any atom is 0.292 e. The zero-order valence-corrected chi connectivity index (χ0v) is 11.8. The molecule has 110 valence electrons. The summed E-state index contributed by atoms with van der Waals surface area (Å²) < 4.78 is 1.54. The molecule has 21 heavy (non-hydrogen) atoms. The van der Waals surface area contributed by atoms with Crippen molar-refractivity contribution < 1.29 is 9.72 Å². The van der Waals surface area contributed by atoms with Gasteiger partial charge in [0.05, 0.1) is 10.7 Å². The van der Waals surface area contributed by atoms with Gasteiger partial charge in [0, 0.05) is 13.1 Å². The molecule has 0 aliphatic rings. The van der Waals surface area contributed by atoms with Crippen LogP contribution in [0.5, 0.6) is 0 Å². The number of benzene rings is 1. The summed E-state index contributed by atoms with van der Waals surface area (Å²) in [4.78, 5) is 22.1. The van der Waals surface area contributed by atoms with E-state index in [1.54, 1.807) is 17.7 Å². The number of nitrogens with one attached hydrogen (secondary N) is 1.